The summed E-state index contributed by atoms with van der Waals surface area (Å²) in [5.74, 6) is -1.94. The van der Waals surface area contributed by atoms with Gasteiger partial charge in [-0.25, -0.2) is 97.1 Å². The van der Waals surface area contributed by atoms with Crippen molar-refractivity contribution in [3.05, 3.63) is 31.6 Å². The number of imidazole rings is 5. The number of nitrogens with zero attached hydrogens (tertiary/aromatic N) is 20. The van der Waals surface area contributed by atoms with Crippen molar-refractivity contribution in [2.75, 3.05) is 111 Å². The van der Waals surface area contributed by atoms with Crippen molar-refractivity contribution in [3.8, 4) is 0 Å². The Morgan fingerprint density at radius 2 is 0.648 bits per heavy atom. The van der Waals surface area contributed by atoms with Gasteiger partial charge in [-0.15, -0.1) is 0 Å². The van der Waals surface area contributed by atoms with Crippen molar-refractivity contribution in [1.82, 2.24) is 97.6 Å². The molecule has 142 heavy (non-hydrogen) atoms. The van der Waals surface area contributed by atoms with E-state index >= 15 is 0 Å². The summed E-state index contributed by atoms with van der Waals surface area (Å²) in [4.78, 5) is 137. The zero-order chi connectivity index (χ0) is 105. The van der Waals surface area contributed by atoms with Crippen LogP contribution in [0.5, 0.6) is 0 Å². The Hall–Kier alpha value is -4.84. The topological polar surface area (TPSA) is 861 Å². The molecule has 16 heterocycles. The number of hydrogen-bond acceptors (Lipinski definition) is 51. The number of hydrogen-bond donors (Lipinski definition) is 16. The van der Waals surface area contributed by atoms with E-state index in [0.717, 1.165) is 0 Å². The molecule has 16 rings (SSSR count). The number of aromatic nitrogens is 20. The van der Waals surface area contributed by atoms with E-state index < -0.39 is 150 Å². The number of thioether (sulfide) groups is 5. The minimum absolute atomic E-state index is 0.00873. The van der Waals surface area contributed by atoms with Crippen LogP contribution in [0.1, 0.15) is 86.5 Å². The van der Waals surface area contributed by atoms with Gasteiger partial charge in [0, 0.05) is 23.7 Å². The zero-order valence-corrected chi connectivity index (χ0v) is 91.0. The van der Waals surface area contributed by atoms with Crippen LogP contribution in [0.3, 0.4) is 0 Å². The SMILES string of the molecule is CSc1nc(N)c2ncn(C3OC(CO)C(C)C3C)c2n1.CSc1nc(N)c2ncn(C3OC(COP(=O)(Cl)Cl)C(C)C3C)c2n1.CSc1nc(N)c2ncn(C3OC(COP(=O)(O)OP(=O)(O)CP(=O)(O)O)C(C)C3C)c2n1.CSc1nc(N)c2ncn(C3OC(COP(=O)(O)OP(=O)(O)CP(=O)(O)O)C(O)C3O)c2n1.CSc1nc(N)c2ncn(C3OC(COP4(=O)O[P+](=O)C[P+](=O)O4)C(C)C3C)c2n1. The van der Waals surface area contributed by atoms with Gasteiger partial charge in [0.25, 0.3) is 0 Å². The zero-order valence-electron chi connectivity index (χ0n) is 76.5. The molecule has 786 valence electrons. The van der Waals surface area contributed by atoms with Crippen molar-refractivity contribution in [1.29, 1.82) is 0 Å². The lowest BCUT2D eigenvalue weighted by molar-refractivity contribution is -0.0502. The van der Waals surface area contributed by atoms with Gasteiger partial charge in [0.2, 0.25) is 0 Å². The van der Waals surface area contributed by atoms with Gasteiger partial charge in [-0.05, 0) is 95.2 Å². The van der Waals surface area contributed by atoms with Crippen molar-refractivity contribution in [2.45, 2.75) is 155 Å². The van der Waals surface area contributed by atoms with Crippen LogP contribution >= 0.6 is 157 Å². The van der Waals surface area contributed by atoms with Crippen molar-refractivity contribution < 1.29 is 159 Å². The number of phosphoric acid groups is 3. The number of aliphatic hydroxyl groups excluding tert-OH is 3. The van der Waals surface area contributed by atoms with E-state index in [2.05, 4.69) is 109 Å². The number of halogens is 2. The first-order valence-electron chi connectivity index (χ1n) is 41.4. The molecule has 59 nitrogen and oxygen atoms in total. The Morgan fingerprint density at radius 3 is 0.915 bits per heavy atom. The highest BCUT2D eigenvalue weighted by molar-refractivity contribution is 8.05. The van der Waals surface area contributed by atoms with Crippen molar-refractivity contribution >= 4 is 242 Å². The third-order valence-corrected chi connectivity index (χ3v) is 42.6. The van der Waals surface area contributed by atoms with E-state index in [9.17, 15) is 80.5 Å². The Kier molecular flexibility index (Phi) is 38.3. The molecule has 6 saturated heterocycles. The third-order valence-electron chi connectivity index (χ3n) is 23.0. The Bertz CT molecular complexity index is 6510. The highest BCUT2D eigenvalue weighted by atomic mass is 35.9. The highest BCUT2D eigenvalue weighted by Crippen LogP contribution is 2.70. The number of nitrogens with two attached hydrogens (primary N) is 5. The first-order chi connectivity index (χ1) is 66.2. The molecule has 76 heteroatoms. The molecular formula is C66H101Cl2N25O34P10S5+2. The van der Waals surface area contributed by atoms with E-state index in [1.54, 1.807) is 40.6 Å². The van der Waals surface area contributed by atoms with Gasteiger partial charge in [0.1, 0.15) is 70.8 Å². The quantitative estimate of drug-likeness (QED) is 0.0109. The molecule has 26 unspecified atom stereocenters. The van der Waals surface area contributed by atoms with Gasteiger partial charge in [-0.1, -0.05) is 114 Å². The van der Waals surface area contributed by atoms with Gasteiger partial charge < -0.3 is 111 Å². The molecule has 0 aromatic carbocycles. The van der Waals surface area contributed by atoms with E-state index in [1.165, 1.54) is 76.0 Å². The van der Waals surface area contributed by atoms with Crippen molar-refractivity contribution in [2.24, 2.45) is 47.3 Å². The number of ether oxygens (including phenoxy) is 5. The van der Waals surface area contributed by atoms with Crippen LogP contribution in [0, 0.1) is 47.3 Å². The number of nitrogen functional groups attached to an aromatic ring is 5. The van der Waals surface area contributed by atoms with Gasteiger partial charge in [0.15, 0.2) is 101 Å². The fourth-order valence-electron chi connectivity index (χ4n) is 15.2. The normalized spacial score (nSPS) is 29.2. The summed E-state index contributed by atoms with van der Waals surface area (Å²) in [5, 5.41) is 32.5. The van der Waals surface area contributed by atoms with E-state index in [1.807, 2.05) is 62.5 Å². The lowest BCUT2D eigenvalue weighted by Crippen LogP contribution is -2.33. The van der Waals surface area contributed by atoms with Crippen LogP contribution in [0.15, 0.2) is 57.4 Å². The van der Waals surface area contributed by atoms with Crippen LogP contribution in [0.2, 0.25) is 0 Å². The van der Waals surface area contributed by atoms with Crippen molar-refractivity contribution in [3.63, 3.8) is 0 Å². The minimum Gasteiger partial charge on any atom is -0.394 e. The molecule has 10 aromatic heterocycles. The number of fused-ring (bicyclic) bond motifs is 5. The van der Waals surface area contributed by atoms with E-state index in [4.69, 9.17) is 117 Å². The predicted molar refractivity (Wildman–Crippen MR) is 518 cm³/mol. The second-order valence-electron chi connectivity index (χ2n) is 32.5. The fraction of sp³-hybridized carbons (Fsp3) is 0.621. The maximum atomic E-state index is 12.5. The molecule has 6 fully saturated rings. The summed E-state index contributed by atoms with van der Waals surface area (Å²) in [5.41, 5.74) is 34.4. The standard InChI is InChI=1S/C14H24N5O10P3S.C14H20N5O7P3S.C13H18Cl2N5O3PS.C13H19N5O2S.C12H20N5O12P3S/c1-7-8(2)13(19-5-16-10-11(15)17-14(33-3)18-12(10)19)28-9(7)4-27-32(25,26)29-31(23,24)6-30(20,21)22;1-7-8(2)13(19-5-16-10-11(15)17-14(30-3)18-12(10)19)24-9(7)4-23-29(22)25-27(20)6-28(21)26-29;1-6-7(2)12(23-8(6)4-22-24(14,15)21)20-5-17-9-10(16)18-13(25-3)19-11(9)20;1-6-7(2)12(20-8(6)4-19)18-5-15-9-10(14)16-13(21-3)17-11(9)18;1-33-12-15-9(13)6-10(16-12)17(3-14-6)11-8(19)7(18)5(28-11)2-27-32(25,26)29-31(23,24)4-30(20,21)22/h5,7-9,13H,4,6H2,1-3H3,(H,23,24)(H,25,26)(H2,15,17,18)(H2,20,21,22);5,7-9,13H,4,6H2,1-3H3,(H2,15,17,18);5-8,12H,4H2,1-3H3,(H2,16,18,19);5-8,12,19H,4H2,1-3H3,(H2,14,16,17);3,5,7-8,11,18-19H,2,4H2,1H3,(H,23,24)(H,25,26)(H2,13,15,16)(H2,20,21,22)/q;+2;;;. The third kappa shape index (κ3) is 28.1. The molecule has 0 spiro atoms. The maximum absolute atomic E-state index is 12.5. The van der Waals surface area contributed by atoms with Crippen LogP contribution in [-0.4, -0.2) is 277 Å². The summed E-state index contributed by atoms with van der Waals surface area (Å²) in [7, 11) is -39.7. The second kappa shape index (κ2) is 47.0. The van der Waals surface area contributed by atoms with Crippen LogP contribution in [0.4, 0.5) is 29.1 Å². The van der Waals surface area contributed by atoms with E-state index in [-0.39, 0.29) is 126 Å². The molecule has 0 amide bonds. The summed E-state index contributed by atoms with van der Waals surface area (Å²) < 4.78 is 192. The lowest BCUT2D eigenvalue weighted by atomic mass is 9.93. The maximum Gasteiger partial charge on any atom is 0.574 e. The largest absolute Gasteiger partial charge is 0.574 e. The molecule has 0 bridgehead atoms. The molecule has 0 aliphatic carbocycles. The highest BCUT2D eigenvalue weighted by Gasteiger charge is 2.59. The number of aliphatic hydroxyl groups is 3. The molecule has 6 aliphatic rings. The molecule has 26 atom stereocenters. The Balaban J connectivity index is 0.000000160. The first kappa shape index (κ1) is 116. The number of rotatable bonds is 31. The van der Waals surface area contributed by atoms with Crippen LogP contribution in [-0.2, 0) is 105 Å². The van der Waals surface area contributed by atoms with Gasteiger partial charge >= 0.3 is 81.9 Å². The predicted octanol–water partition coefficient (Wildman–Crippen LogP) is 10.1. The number of anilines is 5. The summed E-state index contributed by atoms with van der Waals surface area (Å²) in [6, 6.07) is 0. The van der Waals surface area contributed by atoms with E-state index in [0.29, 0.717) is 82.1 Å². The lowest BCUT2D eigenvalue weighted by Gasteiger charge is -2.20. The summed E-state index contributed by atoms with van der Waals surface area (Å²) >= 11 is 17.6. The number of phosphoric ester groups is 2. The smallest absolute Gasteiger partial charge is 0.394 e. The summed E-state index contributed by atoms with van der Waals surface area (Å²) in [6.45, 7) is 14.5. The van der Waals surface area contributed by atoms with Gasteiger partial charge in [-0.2, -0.15) is 0 Å². The molecule has 10 aromatic rings. The van der Waals surface area contributed by atoms with Crippen LogP contribution < -0.4 is 28.7 Å². The Labute approximate surface area is 838 Å². The molecule has 21 N–H and O–H groups in total. The molecule has 0 radical (unpaired) electrons. The average Bonchev–Trinajstić information content (AvgIpc) is 1.64. The molecular weight excluding hydrogens is 2230 g/mol. The van der Waals surface area contributed by atoms with Gasteiger partial charge in [0.05, 0.1) is 89.1 Å². The summed E-state index contributed by atoms with van der Waals surface area (Å²) in [6.07, 6.45) is 4.07. The first-order valence-corrected chi connectivity index (χ1v) is 65.3. The molecule has 6 aliphatic heterocycles. The Morgan fingerprint density at radius 1 is 0.394 bits per heavy atom. The molecule has 0 saturated carbocycles. The van der Waals surface area contributed by atoms with Gasteiger partial charge in [-0.3, -0.25) is 59.2 Å². The monoisotopic (exact) mass is 2330 g/mol. The second-order valence-corrected chi connectivity index (χ2v) is 56.7. The van der Waals surface area contributed by atoms with Crippen LogP contribution in [0.25, 0.3) is 55.8 Å². The minimum atomic E-state index is -5.32. The fourth-order valence-corrected chi connectivity index (χ4v) is 31.4. The average molecular weight is 2330 g/mol.